The first-order chi connectivity index (χ1) is 7.19. The summed E-state index contributed by atoms with van der Waals surface area (Å²) in [6.07, 6.45) is 2.94. The topological polar surface area (TPSA) is 26.0 Å². The number of aryl methyl sites for hydroxylation is 2. The van der Waals surface area contributed by atoms with Crippen molar-refractivity contribution in [2.45, 2.75) is 32.6 Å². The Morgan fingerprint density at radius 2 is 1.93 bits per heavy atom. The molecule has 0 atom stereocenters. The fraction of sp³-hybridized carbons (Fsp3) is 0.500. The lowest BCUT2D eigenvalue weighted by Crippen LogP contribution is -2.01. The van der Waals surface area contributed by atoms with Crippen LogP contribution in [0.4, 0.5) is 8.78 Å². The summed E-state index contributed by atoms with van der Waals surface area (Å²) in [5.74, 6) is -1.44. The average Bonchev–Trinajstić information content (AvgIpc) is 2.24. The molecule has 0 unspecified atom stereocenters. The van der Waals surface area contributed by atoms with Gasteiger partial charge >= 0.3 is 0 Å². The monoisotopic (exact) mass is 213 g/mol. The zero-order valence-corrected chi connectivity index (χ0v) is 9.02. The van der Waals surface area contributed by atoms with Crippen molar-refractivity contribution in [1.29, 1.82) is 0 Å². The van der Waals surface area contributed by atoms with Crippen LogP contribution >= 0.6 is 0 Å². The van der Waals surface area contributed by atoms with Crippen LogP contribution in [0.25, 0.3) is 0 Å². The van der Waals surface area contributed by atoms with Gasteiger partial charge in [-0.1, -0.05) is 13.0 Å². The average molecular weight is 213 g/mol. The van der Waals surface area contributed by atoms with Gasteiger partial charge in [-0.15, -0.1) is 0 Å². The van der Waals surface area contributed by atoms with E-state index in [0.29, 0.717) is 18.5 Å². The third-order valence-electron chi connectivity index (χ3n) is 2.47. The van der Waals surface area contributed by atoms with Crippen LogP contribution in [-0.2, 0) is 12.8 Å². The maximum atomic E-state index is 13.3. The van der Waals surface area contributed by atoms with E-state index >= 15 is 0 Å². The summed E-state index contributed by atoms with van der Waals surface area (Å²) in [7, 11) is 0. The third-order valence-corrected chi connectivity index (χ3v) is 2.47. The Morgan fingerprint density at radius 1 is 1.20 bits per heavy atom. The molecule has 0 aromatic heterocycles. The van der Waals surface area contributed by atoms with Crippen LogP contribution in [0.15, 0.2) is 12.1 Å². The van der Waals surface area contributed by atoms with Crippen LogP contribution in [0, 0.1) is 11.6 Å². The molecule has 2 N–H and O–H groups in total. The van der Waals surface area contributed by atoms with E-state index in [1.54, 1.807) is 6.07 Å². The number of benzene rings is 1. The molecule has 0 aliphatic heterocycles. The minimum absolute atomic E-state index is 0.473. The lowest BCUT2D eigenvalue weighted by molar-refractivity contribution is 0.495. The largest absolute Gasteiger partial charge is 0.330 e. The van der Waals surface area contributed by atoms with Gasteiger partial charge in [0.2, 0.25) is 0 Å². The Kier molecular flexibility index (Phi) is 4.69. The lowest BCUT2D eigenvalue weighted by atomic mass is 10.0. The highest BCUT2D eigenvalue weighted by Gasteiger charge is 2.09. The Bertz CT molecular complexity index is 324. The summed E-state index contributed by atoms with van der Waals surface area (Å²) >= 11 is 0. The number of rotatable bonds is 5. The summed E-state index contributed by atoms with van der Waals surface area (Å²) in [5, 5.41) is 0. The molecule has 1 nitrogen and oxygen atoms in total. The normalized spacial score (nSPS) is 10.7. The summed E-state index contributed by atoms with van der Waals surface area (Å²) in [6, 6.07) is 3.01. The number of unbranched alkanes of at least 4 members (excludes halogenated alkanes) is 1. The molecule has 0 radical (unpaired) electrons. The summed E-state index contributed by atoms with van der Waals surface area (Å²) < 4.78 is 26.5. The summed E-state index contributed by atoms with van der Waals surface area (Å²) in [4.78, 5) is 0. The van der Waals surface area contributed by atoms with E-state index in [9.17, 15) is 8.78 Å². The molecule has 0 aliphatic carbocycles. The van der Waals surface area contributed by atoms with Crippen LogP contribution in [0.5, 0.6) is 0 Å². The van der Waals surface area contributed by atoms with Gasteiger partial charge in [0.05, 0.1) is 0 Å². The number of hydrogen-bond donors (Lipinski definition) is 1. The zero-order chi connectivity index (χ0) is 11.3. The van der Waals surface area contributed by atoms with Crippen LogP contribution in [0.2, 0.25) is 0 Å². The molecule has 0 aliphatic rings. The molecule has 3 heteroatoms. The molecule has 0 spiro atoms. The van der Waals surface area contributed by atoms with E-state index in [4.69, 9.17) is 5.73 Å². The van der Waals surface area contributed by atoms with Gasteiger partial charge in [0, 0.05) is 0 Å². The Labute approximate surface area is 89.3 Å². The van der Waals surface area contributed by atoms with Crippen molar-refractivity contribution in [3.8, 4) is 0 Å². The molecule has 0 bridgehead atoms. The lowest BCUT2D eigenvalue weighted by Gasteiger charge is -2.06. The van der Waals surface area contributed by atoms with Crippen molar-refractivity contribution in [3.05, 3.63) is 34.9 Å². The highest BCUT2D eigenvalue weighted by molar-refractivity contribution is 5.26. The Hall–Kier alpha value is -0.960. The smallest absolute Gasteiger partial charge is 0.162 e. The van der Waals surface area contributed by atoms with Gasteiger partial charge in [0.25, 0.3) is 0 Å². The van der Waals surface area contributed by atoms with Crippen LogP contribution < -0.4 is 5.73 Å². The van der Waals surface area contributed by atoms with Crippen LogP contribution in [-0.4, -0.2) is 6.54 Å². The quantitative estimate of drug-likeness (QED) is 0.748. The molecular weight excluding hydrogens is 196 g/mol. The third kappa shape index (κ3) is 3.27. The van der Waals surface area contributed by atoms with Crippen molar-refractivity contribution >= 4 is 0 Å². The molecule has 0 amide bonds. The number of hydrogen-bond acceptors (Lipinski definition) is 1. The van der Waals surface area contributed by atoms with Gasteiger partial charge < -0.3 is 5.73 Å². The minimum Gasteiger partial charge on any atom is -0.330 e. The molecule has 0 saturated heterocycles. The van der Waals surface area contributed by atoms with Crippen molar-refractivity contribution in [2.75, 3.05) is 6.54 Å². The second-order valence-corrected chi connectivity index (χ2v) is 3.65. The predicted molar refractivity (Wildman–Crippen MR) is 57.7 cm³/mol. The van der Waals surface area contributed by atoms with Gasteiger partial charge in [0.1, 0.15) is 0 Å². The molecule has 84 valence electrons. The van der Waals surface area contributed by atoms with E-state index in [1.165, 1.54) is 6.07 Å². The zero-order valence-electron chi connectivity index (χ0n) is 9.02. The maximum absolute atomic E-state index is 13.3. The highest BCUT2D eigenvalue weighted by Crippen LogP contribution is 2.17. The fourth-order valence-corrected chi connectivity index (χ4v) is 1.55. The van der Waals surface area contributed by atoms with E-state index < -0.39 is 11.6 Å². The Balaban J connectivity index is 2.80. The first-order valence-electron chi connectivity index (χ1n) is 5.36. The highest BCUT2D eigenvalue weighted by atomic mass is 19.2. The predicted octanol–water partition coefficient (Wildman–Crippen LogP) is 2.81. The first-order valence-corrected chi connectivity index (χ1v) is 5.36. The van der Waals surface area contributed by atoms with Crippen molar-refractivity contribution < 1.29 is 8.78 Å². The molecule has 15 heavy (non-hydrogen) atoms. The van der Waals surface area contributed by atoms with Crippen LogP contribution in [0.1, 0.15) is 30.9 Å². The van der Waals surface area contributed by atoms with Crippen molar-refractivity contribution in [2.24, 2.45) is 5.73 Å². The van der Waals surface area contributed by atoms with E-state index in [-0.39, 0.29) is 0 Å². The van der Waals surface area contributed by atoms with Gasteiger partial charge in [-0.25, -0.2) is 8.78 Å². The van der Waals surface area contributed by atoms with Gasteiger partial charge in [-0.05, 0) is 49.4 Å². The number of halogens is 2. The molecule has 0 heterocycles. The molecule has 0 saturated carbocycles. The first kappa shape index (κ1) is 12.1. The molecule has 0 fully saturated rings. The van der Waals surface area contributed by atoms with Crippen molar-refractivity contribution in [1.82, 2.24) is 0 Å². The van der Waals surface area contributed by atoms with Crippen LogP contribution in [0.3, 0.4) is 0 Å². The maximum Gasteiger partial charge on any atom is 0.162 e. The van der Waals surface area contributed by atoms with E-state index in [0.717, 1.165) is 24.8 Å². The Morgan fingerprint density at radius 3 is 2.53 bits per heavy atom. The van der Waals surface area contributed by atoms with E-state index in [1.807, 2.05) is 6.92 Å². The van der Waals surface area contributed by atoms with E-state index in [2.05, 4.69) is 0 Å². The molecule has 1 aromatic rings. The minimum atomic E-state index is -0.739. The van der Waals surface area contributed by atoms with Crippen molar-refractivity contribution in [3.63, 3.8) is 0 Å². The fourth-order valence-electron chi connectivity index (χ4n) is 1.55. The van der Waals surface area contributed by atoms with Gasteiger partial charge in [0.15, 0.2) is 11.6 Å². The second kappa shape index (κ2) is 5.81. The molecule has 1 aromatic carbocycles. The standard InChI is InChI=1S/C12H17F2N/c1-2-9-7-10(5-3-4-6-15)12(14)11(13)8-9/h7-8H,2-6,15H2,1H3. The molecular formula is C12H17F2N. The summed E-state index contributed by atoms with van der Waals surface area (Å²) in [5.41, 5.74) is 6.67. The van der Waals surface area contributed by atoms with Gasteiger partial charge in [-0.2, -0.15) is 0 Å². The SMILES string of the molecule is CCc1cc(F)c(F)c(CCCCN)c1. The summed E-state index contributed by atoms with van der Waals surface area (Å²) in [6.45, 7) is 2.52. The second-order valence-electron chi connectivity index (χ2n) is 3.65. The molecule has 1 rings (SSSR count). The number of nitrogens with two attached hydrogens (primary N) is 1. The van der Waals surface area contributed by atoms with Gasteiger partial charge in [-0.3, -0.25) is 0 Å².